The molecule has 0 saturated heterocycles. The van der Waals surface area contributed by atoms with Gasteiger partial charge in [-0.05, 0) is 29.8 Å². The summed E-state index contributed by atoms with van der Waals surface area (Å²) in [6.07, 6.45) is -3.02. The van der Waals surface area contributed by atoms with Gasteiger partial charge < -0.3 is 10.1 Å². The van der Waals surface area contributed by atoms with Crippen molar-refractivity contribution in [3.8, 4) is 0 Å². The first-order chi connectivity index (χ1) is 11.8. The zero-order chi connectivity index (χ0) is 18.4. The molecular formula is C17H15F3N2O3. The average molecular weight is 352 g/mol. The van der Waals surface area contributed by atoms with E-state index in [1.54, 1.807) is 12.1 Å². The zero-order valence-electron chi connectivity index (χ0n) is 13.2. The fourth-order valence-electron chi connectivity index (χ4n) is 2.13. The molecule has 8 heteroatoms. The van der Waals surface area contributed by atoms with Gasteiger partial charge in [-0.15, -0.1) is 0 Å². The van der Waals surface area contributed by atoms with E-state index in [4.69, 9.17) is 0 Å². The van der Waals surface area contributed by atoms with Crippen molar-refractivity contribution in [1.29, 1.82) is 0 Å². The summed E-state index contributed by atoms with van der Waals surface area (Å²) in [4.78, 5) is 27.9. The molecule has 0 aliphatic heterocycles. The molecule has 1 heterocycles. The molecule has 1 aromatic heterocycles. The molecule has 0 spiro atoms. The van der Waals surface area contributed by atoms with Crippen LogP contribution >= 0.6 is 0 Å². The van der Waals surface area contributed by atoms with E-state index in [0.29, 0.717) is 5.56 Å². The maximum Gasteiger partial charge on any atom is 0.416 e. The highest BCUT2D eigenvalue weighted by Gasteiger charge is 2.30. The van der Waals surface area contributed by atoms with Crippen LogP contribution in [-0.4, -0.2) is 30.0 Å². The first-order valence-electron chi connectivity index (χ1n) is 7.27. The van der Waals surface area contributed by atoms with Crippen LogP contribution in [0.25, 0.3) is 0 Å². The minimum atomic E-state index is -4.44. The lowest BCUT2D eigenvalue weighted by molar-refractivity contribution is -0.143. The molecule has 0 bridgehead atoms. The van der Waals surface area contributed by atoms with E-state index in [-0.39, 0.29) is 12.1 Å². The van der Waals surface area contributed by atoms with Gasteiger partial charge in [0.05, 0.1) is 12.7 Å². The Bertz CT molecular complexity index is 731. The number of benzene rings is 1. The number of nitrogens with zero attached hydrogens (tertiary/aromatic N) is 1. The van der Waals surface area contributed by atoms with Gasteiger partial charge in [0.2, 0.25) is 0 Å². The van der Waals surface area contributed by atoms with E-state index < -0.39 is 29.7 Å². The molecule has 2 rings (SSSR count). The number of hydrogen-bond donors (Lipinski definition) is 1. The molecule has 0 unspecified atom stereocenters. The molecule has 1 amide bonds. The van der Waals surface area contributed by atoms with E-state index >= 15 is 0 Å². The summed E-state index contributed by atoms with van der Waals surface area (Å²) in [5, 5.41) is 2.48. The molecule has 5 nitrogen and oxygen atoms in total. The maximum atomic E-state index is 12.6. The van der Waals surface area contributed by atoms with Crippen LogP contribution in [-0.2, 0) is 22.1 Å². The van der Waals surface area contributed by atoms with Crippen molar-refractivity contribution in [2.45, 2.75) is 18.6 Å². The Balaban J connectivity index is 2.13. The summed E-state index contributed by atoms with van der Waals surface area (Å²) >= 11 is 0. The second-order valence-electron chi connectivity index (χ2n) is 5.16. The Morgan fingerprint density at radius 2 is 1.84 bits per heavy atom. The Morgan fingerprint density at radius 1 is 1.16 bits per heavy atom. The Morgan fingerprint density at radius 3 is 2.36 bits per heavy atom. The highest BCUT2D eigenvalue weighted by Crippen LogP contribution is 2.29. The molecule has 0 radical (unpaired) electrons. The number of esters is 1. The van der Waals surface area contributed by atoms with Crippen LogP contribution in [0, 0.1) is 0 Å². The van der Waals surface area contributed by atoms with E-state index in [0.717, 1.165) is 19.2 Å². The van der Waals surface area contributed by atoms with E-state index in [9.17, 15) is 22.8 Å². The number of rotatable bonds is 5. The molecule has 132 valence electrons. The standard InChI is InChI=1S/C17H15F3N2O3/c1-25-16(24)14(22-15(23)13-4-2-3-9-21-13)10-11-5-7-12(8-6-11)17(18,19)20/h2-9,14H,10H2,1H3,(H,22,23)/t14-/m0/s1. The van der Waals surface area contributed by atoms with Gasteiger partial charge in [-0.3, -0.25) is 9.78 Å². The second kappa shape index (κ2) is 7.78. The van der Waals surface area contributed by atoms with Crippen molar-refractivity contribution in [3.05, 3.63) is 65.5 Å². The summed E-state index contributed by atoms with van der Waals surface area (Å²) in [6.45, 7) is 0. The number of aromatic nitrogens is 1. The fraction of sp³-hybridized carbons (Fsp3) is 0.235. The summed E-state index contributed by atoms with van der Waals surface area (Å²) in [5.41, 5.74) is -0.225. The Kier molecular flexibility index (Phi) is 5.74. The van der Waals surface area contributed by atoms with Gasteiger partial charge in [-0.2, -0.15) is 13.2 Å². The minimum Gasteiger partial charge on any atom is -0.467 e. The van der Waals surface area contributed by atoms with Crippen LogP contribution in [0.3, 0.4) is 0 Å². The quantitative estimate of drug-likeness (QED) is 0.840. The number of methoxy groups -OCH3 is 1. The van der Waals surface area contributed by atoms with Gasteiger partial charge in [0.25, 0.3) is 5.91 Å². The minimum absolute atomic E-state index is 0.0105. The van der Waals surface area contributed by atoms with Crippen molar-refractivity contribution in [2.24, 2.45) is 0 Å². The predicted molar refractivity (Wildman–Crippen MR) is 82.7 cm³/mol. The first kappa shape index (κ1) is 18.4. The number of pyridine rings is 1. The number of carbonyl (C=O) groups excluding carboxylic acids is 2. The molecule has 0 saturated carbocycles. The molecule has 0 aliphatic rings. The highest BCUT2D eigenvalue weighted by atomic mass is 19.4. The first-order valence-corrected chi connectivity index (χ1v) is 7.27. The molecule has 0 aliphatic carbocycles. The van der Waals surface area contributed by atoms with Gasteiger partial charge in [-0.25, -0.2) is 4.79 Å². The number of alkyl halides is 3. The topological polar surface area (TPSA) is 68.3 Å². The van der Waals surface area contributed by atoms with E-state index in [2.05, 4.69) is 15.0 Å². The largest absolute Gasteiger partial charge is 0.467 e. The van der Waals surface area contributed by atoms with E-state index in [1.165, 1.54) is 24.4 Å². The van der Waals surface area contributed by atoms with Crippen molar-refractivity contribution < 1.29 is 27.5 Å². The lowest BCUT2D eigenvalue weighted by Crippen LogP contribution is -2.43. The molecular weight excluding hydrogens is 337 g/mol. The van der Waals surface area contributed by atoms with Gasteiger partial charge in [0, 0.05) is 12.6 Å². The normalized spacial score (nSPS) is 12.3. The molecule has 25 heavy (non-hydrogen) atoms. The van der Waals surface area contributed by atoms with Crippen molar-refractivity contribution in [1.82, 2.24) is 10.3 Å². The van der Waals surface area contributed by atoms with E-state index in [1.807, 2.05) is 0 Å². The molecule has 1 aromatic carbocycles. The Labute approximate surface area is 141 Å². The highest BCUT2D eigenvalue weighted by molar-refractivity contribution is 5.95. The third kappa shape index (κ3) is 5.03. The predicted octanol–water partition coefficient (Wildman–Crippen LogP) is 2.61. The molecule has 1 atom stereocenters. The van der Waals surface area contributed by atoms with Gasteiger partial charge in [0.15, 0.2) is 0 Å². The van der Waals surface area contributed by atoms with Crippen LogP contribution in [0.2, 0.25) is 0 Å². The second-order valence-corrected chi connectivity index (χ2v) is 5.16. The lowest BCUT2D eigenvalue weighted by atomic mass is 10.0. The number of hydrogen-bond acceptors (Lipinski definition) is 4. The number of nitrogens with one attached hydrogen (secondary N) is 1. The van der Waals surface area contributed by atoms with Crippen LogP contribution in [0.15, 0.2) is 48.7 Å². The van der Waals surface area contributed by atoms with Crippen LogP contribution in [0.5, 0.6) is 0 Å². The van der Waals surface area contributed by atoms with Crippen molar-refractivity contribution in [2.75, 3.05) is 7.11 Å². The number of amides is 1. The SMILES string of the molecule is COC(=O)[C@H](Cc1ccc(C(F)(F)F)cc1)NC(=O)c1ccccn1. The van der Waals surface area contributed by atoms with Crippen LogP contribution in [0.4, 0.5) is 13.2 Å². The number of ether oxygens (including phenoxy) is 1. The summed E-state index contributed by atoms with van der Waals surface area (Å²) in [5.74, 6) is -1.29. The number of halogens is 3. The fourth-order valence-corrected chi connectivity index (χ4v) is 2.13. The monoisotopic (exact) mass is 352 g/mol. The van der Waals surface area contributed by atoms with Crippen molar-refractivity contribution >= 4 is 11.9 Å². The molecule has 2 aromatic rings. The summed E-state index contributed by atoms with van der Waals surface area (Å²) < 4.78 is 42.4. The van der Waals surface area contributed by atoms with Gasteiger partial charge in [0.1, 0.15) is 11.7 Å². The van der Waals surface area contributed by atoms with Crippen LogP contribution in [0.1, 0.15) is 21.6 Å². The lowest BCUT2D eigenvalue weighted by Gasteiger charge is -2.17. The van der Waals surface area contributed by atoms with Gasteiger partial charge >= 0.3 is 12.1 Å². The maximum absolute atomic E-state index is 12.6. The number of carbonyl (C=O) groups is 2. The average Bonchev–Trinajstić information content (AvgIpc) is 2.60. The van der Waals surface area contributed by atoms with Crippen LogP contribution < -0.4 is 5.32 Å². The van der Waals surface area contributed by atoms with Crippen molar-refractivity contribution in [3.63, 3.8) is 0 Å². The zero-order valence-corrected chi connectivity index (χ0v) is 13.2. The molecule has 1 N–H and O–H groups in total. The third-order valence-electron chi connectivity index (χ3n) is 3.41. The van der Waals surface area contributed by atoms with Gasteiger partial charge in [-0.1, -0.05) is 18.2 Å². The smallest absolute Gasteiger partial charge is 0.416 e. The molecule has 0 fully saturated rings. The summed E-state index contributed by atoms with van der Waals surface area (Å²) in [6, 6.07) is 8.03. The Hall–Kier alpha value is -2.90. The summed E-state index contributed by atoms with van der Waals surface area (Å²) in [7, 11) is 1.16. The third-order valence-corrected chi connectivity index (χ3v) is 3.41.